The standard InChI is InChI=1S/C24H36N2O3/c1-22(2,3)18-10-9-11-19(14-18)24(25-21(28)29-23(4,5)6)13-12-20(27)17(15-24)16-26(7)8/h9-11,14,16H,12-13,15H2,1-8H3,(H,25,28)/b17-16-. The Morgan fingerprint density at radius 1 is 1.17 bits per heavy atom. The molecular weight excluding hydrogens is 364 g/mol. The van der Waals surface area contributed by atoms with Crippen LogP contribution in [0, 0.1) is 0 Å². The van der Waals surface area contributed by atoms with E-state index in [1.54, 1.807) is 0 Å². The average molecular weight is 401 g/mol. The first-order valence-electron chi connectivity index (χ1n) is 10.2. The van der Waals surface area contributed by atoms with Gasteiger partial charge in [-0.25, -0.2) is 4.79 Å². The zero-order valence-electron chi connectivity index (χ0n) is 19.2. The first kappa shape index (κ1) is 23.0. The van der Waals surface area contributed by atoms with Gasteiger partial charge in [0.05, 0.1) is 5.54 Å². The maximum absolute atomic E-state index is 12.7. The van der Waals surface area contributed by atoms with Gasteiger partial charge in [0.15, 0.2) is 5.78 Å². The van der Waals surface area contributed by atoms with Crippen LogP contribution < -0.4 is 5.32 Å². The number of ketones is 1. The summed E-state index contributed by atoms with van der Waals surface area (Å²) in [5, 5.41) is 3.13. The first-order chi connectivity index (χ1) is 13.2. The molecule has 1 saturated carbocycles. The topological polar surface area (TPSA) is 58.6 Å². The van der Waals surface area contributed by atoms with Gasteiger partial charge in [0.1, 0.15) is 5.60 Å². The summed E-state index contributed by atoms with van der Waals surface area (Å²) in [4.78, 5) is 27.2. The molecule has 5 nitrogen and oxygen atoms in total. The largest absolute Gasteiger partial charge is 0.444 e. The Morgan fingerprint density at radius 2 is 1.83 bits per heavy atom. The highest BCUT2D eigenvalue weighted by atomic mass is 16.6. The molecule has 1 aromatic rings. The minimum absolute atomic E-state index is 0.0179. The van der Waals surface area contributed by atoms with Crippen LogP contribution in [-0.2, 0) is 20.5 Å². The van der Waals surface area contributed by atoms with Gasteiger partial charge in [0, 0.05) is 38.7 Å². The minimum Gasteiger partial charge on any atom is -0.444 e. The third-order valence-electron chi connectivity index (χ3n) is 5.06. The SMILES string of the molecule is CN(C)/C=C1/CC(NC(=O)OC(C)(C)C)(c2cccc(C(C)(C)C)c2)CCC1=O. The van der Waals surface area contributed by atoms with E-state index in [9.17, 15) is 9.59 Å². The van der Waals surface area contributed by atoms with Gasteiger partial charge in [0.25, 0.3) is 0 Å². The van der Waals surface area contributed by atoms with Crippen molar-refractivity contribution in [3.63, 3.8) is 0 Å². The molecule has 0 aliphatic heterocycles. The maximum atomic E-state index is 12.7. The highest BCUT2D eigenvalue weighted by Gasteiger charge is 2.41. The fourth-order valence-electron chi connectivity index (χ4n) is 3.64. The van der Waals surface area contributed by atoms with E-state index in [1.165, 1.54) is 5.56 Å². The molecule has 1 N–H and O–H groups in total. The molecule has 1 aliphatic carbocycles. The monoisotopic (exact) mass is 400 g/mol. The number of Topliss-reactive ketones (excluding diaryl/α,β-unsaturated/α-hetero) is 1. The summed E-state index contributed by atoms with van der Waals surface area (Å²) >= 11 is 0. The van der Waals surface area contributed by atoms with Crippen molar-refractivity contribution in [1.29, 1.82) is 0 Å². The highest BCUT2D eigenvalue weighted by molar-refractivity contribution is 5.96. The van der Waals surface area contributed by atoms with Crippen molar-refractivity contribution >= 4 is 11.9 Å². The van der Waals surface area contributed by atoms with Gasteiger partial charge in [-0.3, -0.25) is 4.79 Å². The molecule has 29 heavy (non-hydrogen) atoms. The van der Waals surface area contributed by atoms with Gasteiger partial charge in [-0.2, -0.15) is 0 Å². The Kier molecular flexibility index (Phi) is 6.51. The molecular formula is C24H36N2O3. The lowest BCUT2D eigenvalue weighted by Gasteiger charge is -2.40. The van der Waals surface area contributed by atoms with Crippen LogP contribution in [0.3, 0.4) is 0 Å². The van der Waals surface area contributed by atoms with Crippen molar-refractivity contribution < 1.29 is 14.3 Å². The van der Waals surface area contributed by atoms with E-state index in [-0.39, 0.29) is 11.2 Å². The molecule has 5 heteroatoms. The van der Waals surface area contributed by atoms with Gasteiger partial charge in [-0.05, 0) is 43.7 Å². The molecule has 0 bridgehead atoms. The van der Waals surface area contributed by atoms with Crippen molar-refractivity contribution in [3.05, 3.63) is 47.2 Å². The number of nitrogens with one attached hydrogen (secondary N) is 1. The number of hydrogen-bond donors (Lipinski definition) is 1. The zero-order valence-corrected chi connectivity index (χ0v) is 19.2. The van der Waals surface area contributed by atoms with Crippen molar-refractivity contribution in [2.45, 2.75) is 77.4 Å². The molecule has 1 aliphatic rings. The lowest BCUT2D eigenvalue weighted by atomic mass is 9.72. The van der Waals surface area contributed by atoms with Crippen molar-refractivity contribution in [2.75, 3.05) is 14.1 Å². The summed E-state index contributed by atoms with van der Waals surface area (Å²) in [6.45, 7) is 12.1. The Bertz CT molecular complexity index is 797. The Morgan fingerprint density at radius 3 is 2.38 bits per heavy atom. The van der Waals surface area contributed by atoms with Crippen LogP contribution in [-0.4, -0.2) is 36.5 Å². The van der Waals surface area contributed by atoms with E-state index >= 15 is 0 Å². The predicted molar refractivity (Wildman–Crippen MR) is 117 cm³/mol. The summed E-state index contributed by atoms with van der Waals surface area (Å²) < 4.78 is 5.56. The van der Waals surface area contributed by atoms with E-state index in [0.717, 1.165) is 11.1 Å². The fourth-order valence-corrected chi connectivity index (χ4v) is 3.64. The number of hydrogen-bond acceptors (Lipinski definition) is 4. The molecule has 1 unspecified atom stereocenters. The Hall–Kier alpha value is -2.30. The molecule has 0 saturated heterocycles. The molecule has 1 aromatic carbocycles. The number of carbonyl (C=O) groups is 2. The van der Waals surface area contributed by atoms with E-state index in [2.05, 4.69) is 38.2 Å². The number of ether oxygens (including phenoxy) is 1. The number of benzene rings is 1. The van der Waals surface area contributed by atoms with Crippen LogP contribution in [0.5, 0.6) is 0 Å². The summed E-state index contributed by atoms with van der Waals surface area (Å²) in [5.74, 6) is 0.132. The predicted octanol–water partition coefficient (Wildman–Crippen LogP) is 4.90. The summed E-state index contributed by atoms with van der Waals surface area (Å²) in [6, 6.07) is 8.32. The number of nitrogens with zero attached hydrogens (tertiary/aromatic N) is 1. The van der Waals surface area contributed by atoms with Crippen LogP contribution in [0.25, 0.3) is 0 Å². The van der Waals surface area contributed by atoms with Crippen molar-refractivity contribution in [2.24, 2.45) is 0 Å². The third kappa shape index (κ3) is 6.09. The Labute approximate surface area is 175 Å². The smallest absolute Gasteiger partial charge is 0.408 e. The van der Waals surface area contributed by atoms with E-state index in [0.29, 0.717) is 19.3 Å². The molecule has 160 valence electrons. The van der Waals surface area contributed by atoms with Crippen LogP contribution >= 0.6 is 0 Å². The number of rotatable bonds is 3. The quantitative estimate of drug-likeness (QED) is 0.733. The summed E-state index contributed by atoms with van der Waals surface area (Å²) in [7, 11) is 3.80. The molecule has 0 radical (unpaired) electrons. The first-order valence-corrected chi connectivity index (χ1v) is 10.2. The molecule has 0 aromatic heterocycles. The Balaban J connectivity index is 2.52. The number of amides is 1. The van der Waals surface area contributed by atoms with Crippen molar-refractivity contribution in [1.82, 2.24) is 10.2 Å². The van der Waals surface area contributed by atoms with Crippen LogP contribution in [0.15, 0.2) is 36.0 Å². The van der Waals surface area contributed by atoms with Gasteiger partial charge < -0.3 is 15.0 Å². The number of carbonyl (C=O) groups excluding carboxylic acids is 2. The van der Waals surface area contributed by atoms with Gasteiger partial charge >= 0.3 is 6.09 Å². The molecule has 1 fully saturated rings. The van der Waals surface area contributed by atoms with Crippen LogP contribution in [0.1, 0.15) is 71.9 Å². The summed E-state index contributed by atoms with van der Waals surface area (Å²) in [6.07, 6.45) is 2.77. The van der Waals surface area contributed by atoms with E-state index in [1.807, 2.05) is 58.1 Å². The van der Waals surface area contributed by atoms with E-state index in [4.69, 9.17) is 4.74 Å². The number of alkyl carbamates (subject to hydrolysis) is 1. The lowest BCUT2D eigenvalue weighted by Crippen LogP contribution is -2.50. The molecule has 0 spiro atoms. The summed E-state index contributed by atoms with van der Waals surface area (Å²) in [5.41, 5.74) is 1.63. The molecule has 1 amide bonds. The molecule has 0 heterocycles. The van der Waals surface area contributed by atoms with Crippen LogP contribution in [0.4, 0.5) is 4.79 Å². The van der Waals surface area contributed by atoms with Gasteiger partial charge in [0.2, 0.25) is 0 Å². The lowest BCUT2D eigenvalue weighted by molar-refractivity contribution is -0.117. The van der Waals surface area contributed by atoms with Crippen molar-refractivity contribution in [3.8, 4) is 0 Å². The van der Waals surface area contributed by atoms with Crippen LogP contribution in [0.2, 0.25) is 0 Å². The minimum atomic E-state index is -0.681. The second-order valence-corrected chi connectivity index (χ2v) is 10.3. The second kappa shape index (κ2) is 8.21. The highest BCUT2D eigenvalue weighted by Crippen LogP contribution is 2.40. The second-order valence-electron chi connectivity index (χ2n) is 10.3. The third-order valence-corrected chi connectivity index (χ3v) is 5.06. The molecule has 2 rings (SSSR count). The molecule has 1 atom stereocenters. The normalized spacial score (nSPS) is 21.8. The van der Waals surface area contributed by atoms with Gasteiger partial charge in [-0.15, -0.1) is 0 Å². The van der Waals surface area contributed by atoms with E-state index < -0.39 is 17.2 Å². The average Bonchev–Trinajstić information content (AvgIpc) is 2.55. The zero-order chi connectivity index (χ0) is 22.0. The maximum Gasteiger partial charge on any atom is 0.408 e. The van der Waals surface area contributed by atoms with Gasteiger partial charge in [-0.1, -0.05) is 45.0 Å². The fraction of sp³-hybridized carbons (Fsp3) is 0.583.